The molecule has 0 fully saturated rings. The van der Waals surface area contributed by atoms with Crippen molar-refractivity contribution in [3.63, 3.8) is 0 Å². The molecule has 17 heavy (non-hydrogen) atoms. The molecule has 0 amide bonds. The fraction of sp³-hybridized carbons (Fsp3) is 0.538. The standard InChI is InChI=1S/C13H19Cl2NO/c1-3-4-12(5-6-16-2)17-13-8-10(14)7-11(15)9-13/h7-9,12,16H,3-6H2,1-2H3/t12-/m0/s1. The molecule has 0 spiro atoms. The van der Waals surface area contributed by atoms with Crippen LogP contribution in [0.5, 0.6) is 5.75 Å². The van der Waals surface area contributed by atoms with Crippen LogP contribution in [-0.2, 0) is 0 Å². The molecule has 0 saturated carbocycles. The zero-order valence-corrected chi connectivity index (χ0v) is 11.8. The van der Waals surface area contributed by atoms with Crippen molar-refractivity contribution in [1.82, 2.24) is 5.32 Å². The number of hydrogen-bond acceptors (Lipinski definition) is 2. The molecule has 0 saturated heterocycles. The third-order valence-electron chi connectivity index (χ3n) is 2.47. The van der Waals surface area contributed by atoms with Crippen molar-refractivity contribution in [2.45, 2.75) is 32.3 Å². The maximum absolute atomic E-state index is 5.94. The van der Waals surface area contributed by atoms with Crippen molar-refractivity contribution in [2.75, 3.05) is 13.6 Å². The van der Waals surface area contributed by atoms with Crippen molar-refractivity contribution in [3.8, 4) is 5.75 Å². The van der Waals surface area contributed by atoms with E-state index in [9.17, 15) is 0 Å². The first-order chi connectivity index (χ1) is 8.15. The maximum Gasteiger partial charge on any atom is 0.122 e. The Morgan fingerprint density at radius 3 is 2.35 bits per heavy atom. The Morgan fingerprint density at radius 2 is 1.82 bits per heavy atom. The molecule has 2 nitrogen and oxygen atoms in total. The van der Waals surface area contributed by atoms with Gasteiger partial charge in [0.2, 0.25) is 0 Å². The lowest BCUT2D eigenvalue weighted by Crippen LogP contribution is -2.22. The lowest BCUT2D eigenvalue weighted by atomic mass is 10.1. The van der Waals surface area contributed by atoms with E-state index in [1.165, 1.54) is 0 Å². The first kappa shape index (κ1) is 14.6. The van der Waals surface area contributed by atoms with E-state index in [1.54, 1.807) is 18.2 Å². The van der Waals surface area contributed by atoms with Crippen molar-refractivity contribution >= 4 is 23.2 Å². The van der Waals surface area contributed by atoms with Gasteiger partial charge in [-0.05, 0) is 44.6 Å². The highest BCUT2D eigenvalue weighted by Gasteiger charge is 2.10. The van der Waals surface area contributed by atoms with Gasteiger partial charge in [-0.15, -0.1) is 0 Å². The summed E-state index contributed by atoms with van der Waals surface area (Å²) in [4.78, 5) is 0. The van der Waals surface area contributed by atoms with Gasteiger partial charge in [0.15, 0.2) is 0 Å². The molecule has 1 N–H and O–H groups in total. The summed E-state index contributed by atoms with van der Waals surface area (Å²) < 4.78 is 5.91. The van der Waals surface area contributed by atoms with E-state index >= 15 is 0 Å². The predicted molar refractivity (Wildman–Crippen MR) is 74.3 cm³/mol. The van der Waals surface area contributed by atoms with E-state index in [0.29, 0.717) is 10.0 Å². The second-order valence-corrected chi connectivity index (χ2v) is 4.90. The Bertz CT molecular complexity index is 324. The van der Waals surface area contributed by atoms with E-state index < -0.39 is 0 Å². The summed E-state index contributed by atoms with van der Waals surface area (Å²) >= 11 is 11.9. The summed E-state index contributed by atoms with van der Waals surface area (Å²) in [7, 11) is 1.94. The Labute approximate surface area is 113 Å². The normalized spacial score (nSPS) is 12.5. The first-order valence-electron chi connectivity index (χ1n) is 5.93. The van der Waals surface area contributed by atoms with Crippen LogP contribution in [0.25, 0.3) is 0 Å². The minimum Gasteiger partial charge on any atom is -0.490 e. The van der Waals surface area contributed by atoms with Crippen LogP contribution in [0.4, 0.5) is 0 Å². The fourth-order valence-electron chi connectivity index (χ4n) is 1.68. The van der Waals surface area contributed by atoms with Crippen LogP contribution in [0.2, 0.25) is 10.0 Å². The topological polar surface area (TPSA) is 21.3 Å². The van der Waals surface area contributed by atoms with Crippen LogP contribution < -0.4 is 10.1 Å². The number of hydrogen-bond donors (Lipinski definition) is 1. The van der Waals surface area contributed by atoms with Gasteiger partial charge in [-0.25, -0.2) is 0 Å². The van der Waals surface area contributed by atoms with Gasteiger partial charge in [0.1, 0.15) is 5.75 Å². The van der Waals surface area contributed by atoms with Crippen molar-refractivity contribution < 1.29 is 4.74 Å². The van der Waals surface area contributed by atoms with E-state index in [0.717, 1.165) is 31.6 Å². The summed E-state index contributed by atoms with van der Waals surface area (Å²) in [6.45, 7) is 3.10. The number of benzene rings is 1. The number of rotatable bonds is 7. The third-order valence-corrected chi connectivity index (χ3v) is 2.90. The highest BCUT2D eigenvalue weighted by atomic mass is 35.5. The number of ether oxygens (including phenoxy) is 1. The van der Waals surface area contributed by atoms with Gasteiger partial charge in [-0.2, -0.15) is 0 Å². The van der Waals surface area contributed by atoms with Crippen LogP contribution in [0.1, 0.15) is 26.2 Å². The van der Waals surface area contributed by atoms with Gasteiger partial charge >= 0.3 is 0 Å². The molecule has 0 aliphatic carbocycles. The zero-order valence-electron chi connectivity index (χ0n) is 10.3. The zero-order chi connectivity index (χ0) is 12.7. The molecule has 4 heteroatoms. The molecule has 0 aliphatic rings. The van der Waals surface area contributed by atoms with Crippen LogP contribution in [0, 0.1) is 0 Å². The number of halogens is 2. The maximum atomic E-state index is 5.94. The highest BCUT2D eigenvalue weighted by Crippen LogP contribution is 2.26. The van der Waals surface area contributed by atoms with Crippen LogP contribution in [0.15, 0.2) is 18.2 Å². The molecule has 0 bridgehead atoms. The first-order valence-corrected chi connectivity index (χ1v) is 6.68. The Kier molecular flexibility index (Phi) is 6.71. The van der Waals surface area contributed by atoms with Gasteiger partial charge in [0.25, 0.3) is 0 Å². The van der Waals surface area contributed by atoms with E-state index in [1.807, 2.05) is 7.05 Å². The molecule has 1 aromatic rings. The molecule has 1 atom stereocenters. The molecule has 0 radical (unpaired) electrons. The molecule has 0 aromatic heterocycles. The second-order valence-electron chi connectivity index (χ2n) is 4.03. The van der Waals surface area contributed by atoms with Gasteiger partial charge in [0, 0.05) is 10.0 Å². The SMILES string of the molecule is CCC[C@@H](CCNC)Oc1cc(Cl)cc(Cl)c1. The minimum absolute atomic E-state index is 0.210. The van der Waals surface area contributed by atoms with Crippen molar-refractivity contribution in [2.24, 2.45) is 0 Å². The Balaban J connectivity index is 2.63. The summed E-state index contributed by atoms with van der Waals surface area (Å²) in [5.41, 5.74) is 0. The average Bonchev–Trinajstić information content (AvgIpc) is 2.24. The molecular formula is C13H19Cl2NO. The minimum atomic E-state index is 0.210. The van der Waals surface area contributed by atoms with E-state index in [-0.39, 0.29) is 6.10 Å². The number of nitrogens with one attached hydrogen (secondary N) is 1. The van der Waals surface area contributed by atoms with E-state index in [4.69, 9.17) is 27.9 Å². The average molecular weight is 276 g/mol. The smallest absolute Gasteiger partial charge is 0.122 e. The van der Waals surface area contributed by atoms with Crippen molar-refractivity contribution in [1.29, 1.82) is 0 Å². The van der Waals surface area contributed by atoms with Gasteiger partial charge in [0.05, 0.1) is 6.10 Å². The summed E-state index contributed by atoms with van der Waals surface area (Å²) in [6.07, 6.45) is 3.32. The van der Waals surface area contributed by atoms with Gasteiger partial charge in [-0.1, -0.05) is 36.5 Å². The fourth-order valence-corrected chi connectivity index (χ4v) is 2.18. The molecular weight excluding hydrogens is 257 g/mol. The third kappa shape index (κ3) is 5.62. The highest BCUT2D eigenvalue weighted by molar-refractivity contribution is 6.34. The molecule has 0 heterocycles. The molecule has 96 valence electrons. The van der Waals surface area contributed by atoms with Crippen LogP contribution in [-0.4, -0.2) is 19.7 Å². The Hall–Kier alpha value is -0.440. The van der Waals surface area contributed by atoms with Gasteiger partial charge < -0.3 is 10.1 Å². The van der Waals surface area contributed by atoms with Crippen molar-refractivity contribution in [3.05, 3.63) is 28.2 Å². The monoisotopic (exact) mass is 275 g/mol. The molecule has 1 rings (SSSR count). The second kappa shape index (κ2) is 7.80. The molecule has 0 aliphatic heterocycles. The summed E-state index contributed by atoms with van der Waals surface area (Å²) in [5, 5.41) is 4.35. The van der Waals surface area contributed by atoms with Crippen LogP contribution >= 0.6 is 23.2 Å². The lowest BCUT2D eigenvalue weighted by molar-refractivity contribution is 0.180. The lowest BCUT2D eigenvalue weighted by Gasteiger charge is -2.18. The van der Waals surface area contributed by atoms with E-state index in [2.05, 4.69) is 12.2 Å². The predicted octanol–water partition coefficient (Wildman–Crippen LogP) is 4.15. The largest absolute Gasteiger partial charge is 0.490 e. The van der Waals surface area contributed by atoms with Gasteiger partial charge in [-0.3, -0.25) is 0 Å². The van der Waals surface area contributed by atoms with Crippen LogP contribution in [0.3, 0.4) is 0 Å². The summed E-state index contributed by atoms with van der Waals surface area (Å²) in [6, 6.07) is 5.31. The quantitative estimate of drug-likeness (QED) is 0.807. The Morgan fingerprint density at radius 1 is 1.18 bits per heavy atom. The summed E-state index contributed by atoms with van der Waals surface area (Å²) in [5.74, 6) is 0.747. The molecule has 0 unspecified atom stereocenters. The molecule has 1 aromatic carbocycles.